The maximum absolute atomic E-state index is 12.0. The molecule has 0 aliphatic rings. The molecule has 0 bridgehead atoms. The lowest BCUT2D eigenvalue weighted by molar-refractivity contribution is -0.122. The first-order valence-corrected chi connectivity index (χ1v) is 5.68. The number of aromatic amines is 1. The number of carbonyl (C=O) groups excluding carboxylic acids is 2. The SMILES string of the molecule is Cc1[nH]nc(C(=O)N(C)CC(=O)NC(C)C)c1N. The number of nitrogens with zero attached hydrogens (tertiary/aromatic N) is 2. The lowest BCUT2D eigenvalue weighted by Gasteiger charge is -2.17. The van der Waals surface area contributed by atoms with Gasteiger partial charge in [0.2, 0.25) is 5.91 Å². The molecule has 0 fully saturated rings. The minimum absolute atomic E-state index is 0.0254. The van der Waals surface area contributed by atoms with Gasteiger partial charge in [-0.1, -0.05) is 0 Å². The molecule has 100 valence electrons. The van der Waals surface area contributed by atoms with Gasteiger partial charge < -0.3 is 16.0 Å². The first-order valence-electron chi connectivity index (χ1n) is 5.68. The fourth-order valence-corrected chi connectivity index (χ4v) is 1.44. The number of rotatable bonds is 4. The van der Waals surface area contributed by atoms with Gasteiger partial charge in [-0.3, -0.25) is 14.7 Å². The number of nitrogens with two attached hydrogens (primary N) is 1. The molecule has 18 heavy (non-hydrogen) atoms. The van der Waals surface area contributed by atoms with Crippen LogP contribution in [0.3, 0.4) is 0 Å². The third-order valence-corrected chi connectivity index (χ3v) is 2.37. The molecule has 7 heteroatoms. The zero-order chi connectivity index (χ0) is 13.9. The largest absolute Gasteiger partial charge is 0.395 e. The number of amides is 2. The van der Waals surface area contributed by atoms with Crippen LogP contribution in [0.1, 0.15) is 30.0 Å². The third kappa shape index (κ3) is 3.22. The lowest BCUT2D eigenvalue weighted by atomic mass is 10.3. The topological polar surface area (TPSA) is 104 Å². The van der Waals surface area contributed by atoms with Gasteiger partial charge in [-0.15, -0.1) is 0 Å². The summed E-state index contributed by atoms with van der Waals surface area (Å²) in [5.41, 5.74) is 6.81. The molecule has 0 atom stereocenters. The van der Waals surface area contributed by atoms with Crippen molar-refractivity contribution in [1.82, 2.24) is 20.4 Å². The van der Waals surface area contributed by atoms with E-state index < -0.39 is 0 Å². The van der Waals surface area contributed by atoms with Crippen LogP contribution in [0.25, 0.3) is 0 Å². The number of aryl methyl sites for hydroxylation is 1. The van der Waals surface area contributed by atoms with Crippen LogP contribution in [-0.2, 0) is 4.79 Å². The second-order valence-electron chi connectivity index (χ2n) is 4.49. The summed E-state index contributed by atoms with van der Waals surface area (Å²) >= 11 is 0. The summed E-state index contributed by atoms with van der Waals surface area (Å²) < 4.78 is 0. The van der Waals surface area contributed by atoms with Crippen LogP contribution in [0.5, 0.6) is 0 Å². The van der Waals surface area contributed by atoms with E-state index in [1.165, 1.54) is 11.9 Å². The van der Waals surface area contributed by atoms with Gasteiger partial charge in [-0.2, -0.15) is 5.10 Å². The molecule has 1 rings (SSSR count). The molecule has 0 saturated carbocycles. The number of nitrogens with one attached hydrogen (secondary N) is 2. The number of likely N-dealkylation sites (N-methyl/N-ethyl adjacent to an activating group) is 1. The minimum Gasteiger partial charge on any atom is -0.395 e. The number of aromatic nitrogens is 2. The highest BCUT2D eigenvalue weighted by molar-refractivity contribution is 5.99. The van der Waals surface area contributed by atoms with E-state index in [9.17, 15) is 9.59 Å². The first-order chi connectivity index (χ1) is 8.32. The first kappa shape index (κ1) is 14.0. The van der Waals surface area contributed by atoms with E-state index >= 15 is 0 Å². The highest BCUT2D eigenvalue weighted by Crippen LogP contribution is 2.13. The Hall–Kier alpha value is -2.05. The molecular formula is C11H19N5O2. The van der Waals surface area contributed by atoms with E-state index in [0.29, 0.717) is 11.4 Å². The van der Waals surface area contributed by atoms with Gasteiger partial charge in [0.15, 0.2) is 5.69 Å². The Morgan fingerprint density at radius 1 is 1.50 bits per heavy atom. The molecule has 0 aliphatic carbocycles. The molecule has 0 aliphatic heterocycles. The normalized spacial score (nSPS) is 10.5. The number of H-pyrrole nitrogens is 1. The summed E-state index contributed by atoms with van der Waals surface area (Å²) in [7, 11) is 1.53. The van der Waals surface area contributed by atoms with Gasteiger partial charge in [0.25, 0.3) is 5.91 Å². The van der Waals surface area contributed by atoms with Crippen LogP contribution in [0, 0.1) is 6.92 Å². The quantitative estimate of drug-likeness (QED) is 0.696. The van der Waals surface area contributed by atoms with Gasteiger partial charge in [0, 0.05) is 13.1 Å². The van der Waals surface area contributed by atoms with E-state index in [0.717, 1.165) is 0 Å². The number of anilines is 1. The van der Waals surface area contributed by atoms with Crippen molar-refractivity contribution in [3.8, 4) is 0 Å². The van der Waals surface area contributed by atoms with Crippen molar-refractivity contribution in [1.29, 1.82) is 0 Å². The molecule has 0 radical (unpaired) electrons. The Morgan fingerprint density at radius 3 is 2.56 bits per heavy atom. The molecule has 4 N–H and O–H groups in total. The summed E-state index contributed by atoms with van der Waals surface area (Å²) in [6.45, 7) is 5.41. The number of hydrogen-bond donors (Lipinski definition) is 3. The summed E-state index contributed by atoms with van der Waals surface area (Å²) in [6.07, 6.45) is 0. The van der Waals surface area contributed by atoms with Crippen molar-refractivity contribution in [2.75, 3.05) is 19.3 Å². The smallest absolute Gasteiger partial charge is 0.276 e. The van der Waals surface area contributed by atoms with Crippen LogP contribution in [0.15, 0.2) is 0 Å². The van der Waals surface area contributed by atoms with Gasteiger partial charge in [-0.25, -0.2) is 0 Å². The van der Waals surface area contributed by atoms with Crippen molar-refractivity contribution in [3.05, 3.63) is 11.4 Å². The Morgan fingerprint density at radius 2 is 2.11 bits per heavy atom. The molecule has 7 nitrogen and oxygen atoms in total. The standard InChI is InChI=1S/C11H19N5O2/c1-6(2)13-8(17)5-16(4)11(18)10-9(12)7(3)14-15-10/h6H,5,12H2,1-4H3,(H,13,17)(H,14,15). The summed E-state index contributed by atoms with van der Waals surface area (Å²) in [5.74, 6) is -0.595. The Balaban J connectivity index is 2.67. The molecule has 0 spiro atoms. The van der Waals surface area contributed by atoms with E-state index in [1.54, 1.807) is 6.92 Å². The van der Waals surface area contributed by atoms with Crippen molar-refractivity contribution in [2.45, 2.75) is 26.8 Å². The molecule has 1 aromatic rings. The highest BCUT2D eigenvalue weighted by Gasteiger charge is 2.21. The number of hydrogen-bond acceptors (Lipinski definition) is 4. The van der Waals surface area contributed by atoms with Crippen LogP contribution >= 0.6 is 0 Å². The van der Waals surface area contributed by atoms with Crippen LogP contribution in [0.2, 0.25) is 0 Å². The Bertz CT molecular complexity index is 452. The van der Waals surface area contributed by atoms with E-state index in [1.807, 2.05) is 13.8 Å². The second-order valence-corrected chi connectivity index (χ2v) is 4.49. The van der Waals surface area contributed by atoms with Crippen molar-refractivity contribution in [3.63, 3.8) is 0 Å². The van der Waals surface area contributed by atoms with Crippen molar-refractivity contribution >= 4 is 17.5 Å². The zero-order valence-electron chi connectivity index (χ0n) is 11.1. The minimum atomic E-state index is -0.379. The summed E-state index contributed by atoms with van der Waals surface area (Å²) in [4.78, 5) is 24.8. The maximum atomic E-state index is 12.0. The molecule has 1 aromatic heterocycles. The molecular weight excluding hydrogens is 234 g/mol. The predicted octanol–water partition coefficient (Wildman–Crippen LogP) is -0.103. The second kappa shape index (κ2) is 5.52. The van der Waals surface area contributed by atoms with Crippen molar-refractivity contribution in [2.24, 2.45) is 0 Å². The fourth-order valence-electron chi connectivity index (χ4n) is 1.44. The van der Waals surface area contributed by atoms with Gasteiger partial charge in [0.1, 0.15) is 0 Å². The highest BCUT2D eigenvalue weighted by atomic mass is 16.2. The molecule has 0 unspecified atom stereocenters. The molecule has 1 heterocycles. The fraction of sp³-hybridized carbons (Fsp3) is 0.545. The number of carbonyl (C=O) groups is 2. The predicted molar refractivity (Wildman–Crippen MR) is 68.0 cm³/mol. The summed E-state index contributed by atoms with van der Waals surface area (Å²) in [5, 5.41) is 9.17. The maximum Gasteiger partial charge on any atom is 0.276 e. The van der Waals surface area contributed by atoms with E-state index in [4.69, 9.17) is 5.73 Å². The zero-order valence-corrected chi connectivity index (χ0v) is 11.1. The van der Waals surface area contributed by atoms with Crippen LogP contribution in [-0.4, -0.2) is 46.5 Å². The Labute approximate surface area is 106 Å². The van der Waals surface area contributed by atoms with Gasteiger partial charge in [-0.05, 0) is 20.8 Å². The monoisotopic (exact) mass is 253 g/mol. The average Bonchev–Trinajstić information content (AvgIpc) is 2.57. The molecule has 0 aromatic carbocycles. The molecule has 0 saturated heterocycles. The molecule has 2 amide bonds. The summed E-state index contributed by atoms with van der Waals surface area (Å²) in [6, 6.07) is 0.0405. The van der Waals surface area contributed by atoms with E-state index in [2.05, 4.69) is 15.5 Å². The van der Waals surface area contributed by atoms with Crippen LogP contribution in [0.4, 0.5) is 5.69 Å². The van der Waals surface area contributed by atoms with Gasteiger partial charge >= 0.3 is 0 Å². The average molecular weight is 253 g/mol. The lowest BCUT2D eigenvalue weighted by Crippen LogP contribution is -2.41. The van der Waals surface area contributed by atoms with Gasteiger partial charge in [0.05, 0.1) is 17.9 Å². The van der Waals surface area contributed by atoms with E-state index in [-0.39, 0.29) is 30.1 Å². The van der Waals surface area contributed by atoms with Crippen molar-refractivity contribution < 1.29 is 9.59 Å². The third-order valence-electron chi connectivity index (χ3n) is 2.37. The number of nitrogen functional groups attached to an aromatic ring is 1. The Kier molecular flexibility index (Phi) is 4.30. The van der Waals surface area contributed by atoms with Crippen LogP contribution < -0.4 is 11.1 Å².